The lowest BCUT2D eigenvalue weighted by molar-refractivity contribution is 0.496. The van der Waals surface area contributed by atoms with Gasteiger partial charge in [0.05, 0.1) is 5.69 Å². The number of halogens is 2. The Morgan fingerprint density at radius 1 is 1.33 bits per heavy atom. The Kier molecular flexibility index (Phi) is 2.33. The Labute approximate surface area is 75.8 Å². The molecule has 0 N–H and O–H groups in total. The Morgan fingerprint density at radius 2 is 1.92 bits per heavy atom. The standard InChI is InChI=1S/C8H10ClFN2/c1-8(2,3)5-4-6(9)12-7(10)11-5/h4H,1-3H3. The maximum absolute atomic E-state index is 12.7. The Bertz CT molecular complexity index is 273. The first-order valence-corrected chi connectivity index (χ1v) is 3.98. The minimum absolute atomic E-state index is 0.146. The van der Waals surface area contributed by atoms with Crippen molar-refractivity contribution in [2.75, 3.05) is 0 Å². The van der Waals surface area contributed by atoms with E-state index < -0.39 is 6.08 Å². The van der Waals surface area contributed by atoms with E-state index in [2.05, 4.69) is 9.97 Å². The highest BCUT2D eigenvalue weighted by atomic mass is 35.5. The molecule has 0 saturated heterocycles. The lowest BCUT2D eigenvalue weighted by Crippen LogP contribution is -2.14. The Morgan fingerprint density at radius 3 is 2.33 bits per heavy atom. The van der Waals surface area contributed by atoms with Gasteiger partial charge in [-0.05, 0) is 6.07 Å². The first-order chi connectivity index (χ1) is 5.39. The van der Waals surface area contributed by atoms with Gasteiger partial charge in [-0.1, -0.05) is 32.4 Å². The van der Waals surface area contributed by atoms with Crippen molar-refractivity contribution in [2.24, 2.45) is 0 Å². The molecule has 0 aliphatic carbocycles. The van der Waals surface area contributed by atoms with Gasteiger partial charge in [-0.2, -0.15) is 9.37 Å². The van der Waals surface area contributed by atoms with Gasteiger partial charge in [-0.15, -0.1) is 0 Å². The van der Waals surface area contributed by atoms with Crippen molar-refractivity contribution in [2.45, 2.75) is 26.2 Å². The normalized spacial score (nSPS) is 11.8. The molecule has 0 atom stereocenters. The number of hydrogen-bond donors (Lipinski definition) is 0. The summed E-state index contributed by atoms with van der Waals surface area (Å²) in [6, 6.07) is 1.57. The third kappa shape index (κ3) is 2.14. The van der Waals surface area contributed by atoms with E-state index >= 15 is 0 Å². The quantitative estimate of drug-likeness (QED) is 0.462. The van der Waals surface area contributed by atoms with Crippen LogP contribution < -0.4 is 0 Å². The highest BCUT2D eigenvalue weighted by Gasteiger charge is 2.17. The van der Waals surface area contributed by atoms with Crippen LogP contribution in [0.3, 0.4) is 0 Å². The first kappa shape index (κ1) is 9.39. The maximum Gasteiger partial charge on any atom is 0.310 e. The fourth-order valence-electron chi connectivity index (χ4n) is 0.774. The van der Waals surface area contributed by atoms with Crippen molar-refractivity contribution in [1.82, 2.24) is 9.97 Å². The van der Waals surface area contributed by atoms with E-state index in [-0.39, 0.29) is 10.6 Å². The zero-order chi connectivity index (χ0) is 9.35. The molecule has 12 heavy (non-hydrogen) atoms. The van der Waals surface area contributed by atoms with Crippen molar-refractivity contribution in [1.29, 1.82) is 0 Å². The van der Waals surface area contributed by atoms with Gasteiger partial charge in [0.2, 0.25) is 0 Å². The Hall–Kier alpha value is -0.700. The molecule has 0 saturated carbocycles. The van der Waals surface area contributed by atoms with Gasteiger partial charge < -0.3 is 0 Å². The van der Waals surface area contributed by atoms with Gasteiger partial charge in [0, 0.05) is 5.41 Å². The molecular weight excluding hydrogens is 179 g/mol. The highest BCUT2D eigenvalue weighted by Crippen LogP contribution is 2.21. The molecule has 66 valence electrons. The molecule has 1 aromatic heterocycles. The van der Waals surface area contributed by atoms with Gasteiger partial charge in [0.1, 0.15) is 5.15 Å². The van der Waals surface area contributed by atoms with Crippen LogP contribution in [0.25, 0.3) is 0 Å². The molecule has 0 aromatic carbocycles. The summed E-state index contributed by atoms with van der Waals surface area (Å²) in [5.41, 5.74) is 0.410. The van der Waals surface area contributed by atoms with Crippen LogP contribution in [0.15, 0.2) is 6.07 Å². The van der Waals surface area contributed by atoms with Gasteiger partial charge in [-0.25, -0.2) is 4.98 Å². The van der Waals surface area contributed by atoms with E-state index in [1.165, 1.54) is 0 Å². The predicted molar refractivity (Wildman–Crippen MR) is 45.7 cm³/mol. The average Bonchev–Trinajstić information content (AvgIpc) is 1.82. The molecule has 1 rings (SSSR count). The van der Waals surface area contributed by atoms with E-state index in [4.69, 9.17) is 11.6 Å². The molecule has 2 nitrogen and oxygen atoms in total. The summed E-state index contributed by atoms with van der Waals surface area (Å²) < 4.78 is 12.7. The maximum atomic E-state index is 12.7. The molecule has 0 bridgehead atoms. The van der Waals surface area contributed by atoms with Crippen LogP contribution in [-0.4, -0.2) is 9.97 Å². The van der Waals surface area contributed by atoms with Gasteiger partial charge in [0.25, 0.3) is 0 Å². The van der Waals surface area contributed by atoms with Crippen LogP contribution in [0.2, 0.25) is 5.15 Å². The third-order valence-electron chi connectivity index (χ3n) is 1.44. The summed E-state index contributed by atoms with van der Waals surface area (Å²) >= 11 is 5.57. The number of rotatable bonds is 0. The summed E-state index contributed by atoms with van der Waals surface area (Å²) in [5, 5.41) is 0.146. The summed E-state index contributed by atoms with van der Waals surface area (Å²) in [4.78, 5) is 6.98. The first-order valence-electron chi connectivity index (χ1n) is 3.60. The van der Waals surface area contributed by atoms with E-state index in [1.807, 2.05) is 20.8 Å². The average molecular weight is 189 g/mol. The van der Waals surface area contributed by atoms with Crippen molar-refractivity contribution in [3.8, 4) is 0 Å². The third-order valence-corrected chi connectivity index (χ3v) is 1.63. The van der Waals surface area contributed by atoms with Crippen LogP contribution in [-0.2, 0) is 5.41 Å². The predicted octanol–water partition coefficient (Wildman–Crippen LogP) is 2.57. The lowest BCUT2D eigenvalue weighted by Gasteiger charge is -2.16. The molecule has 0 spiro atoms. The van der Waals surface area contributed by atoms with E-state index in [0.717, 1.165) is 0 Å². The highest BCUT2D eigenvalue weighted by molar-refractivity contribution is 6.29. The van der Waals surface area contributed by atoms with Crippen molar-refractivity contribution in [3.05, 3.63) is 23.0 Å². The fraction of sp³-hybridized carbons (Fsp3) is 0.500. The SMILES string of the molecule is CC(C)(C)c1cc(Cl)nc(F)n1. The zero-order valence-corrected chi connectivity index (χ0v) is 7.98. The summed E-state index contributed by atoms with van der Waals surface area (Å²) in [6.45, 7) is 5.81. The van der Waals surface area contributed by atoms with Crippen molar-refractivity contribution >= 4 is 11.6 Å². The van der Waals surface area contributed by atoms with Crippen molar-refractivity contribution in [3.63, 3.8) is 0 Å². The summed E-state index contributed by atoms with van der Waals surface area (Å²) in [7, 11) is 0. The monoisotopic (exact) mass is 188 g/mol. The second-order valence-corrected chi connectivity index (χ2v) is 3.98. The largest absolute Gasteiger partial charge is 0.310 e. The second-order valence-electron chi connectivity index (χ2n) is 3.59. The summed E-state index contributed by atoms with van der Waals surface area (Å²) in [5.74, 6) is 0. The lowest BCUT2D eigenvalue weighted by atomic mass is 9.92. The van der Waals surface area contributed by atoms with E-state index in [0.29, 0.717) is 5.69 Å². The number of hydrogen-bond acceptors (Lipinski definition) is 2. The smallest absolute Gasteiger partial charge is 0.207 e. The van der Waals surface area contributed by atoms with Crippen LogP contribution in [0, 0.1) is 6.08 Å². The number of aromatic nitrogens is 2. The molecule has 0 aliphatic heterocycles. The molecule has 4 heteroatoms. The minimum Gasteiger partial charge on any atom is -0.207 e. The molecule has 0 unspecified atom stereocenters. The topological polar surface area (TPSA) is 25.8 Å². The molecule has 0 amide bonds. The van der Waals surface area contributed by atoms with Crippen LogP contribution in [0.1, 0.15) is 26.5 Å². The molecule has 0 aliphatic rings. The van der Waals surface area contributed by atoms with E-state index in [9.17, 15) is 4.39 Å². The minimum atomic E-state index is -0.771. The van der Waals surface area contributed by atoms with Gasteiger partial charge in [0.15, 0.2) is 0 Å². The van der Waals surface area contributed by atoms with Crippen LogP contribution >= 0.6 is 11.6 Å². The van der Waals surface area contributed by atoms with Crippen LogP contribution in [0.4, 0.5) is 4.39 Å². The van der Waals surface area contributed by atoms with Gasteiger partial charge >= 0.3 is 6.08 Å². The summed E-state index contributed by atoms with van der Waals surface area (Å²) in [6.07, 6.45) is -0.771. The molecule has 1 heterocycles. The second kappa shape index (κ2) is 2.98. The Balaban J connectivity index is 3.18. The zero-order valence-electron chi connectivity index (χ0n) is 7.23. The molecular formula is C8H10ClFN2. The molecule has 1 aromatic rings. The van der Waals surface area contributed by atoms with Gasteiger partial charge in [-0.3, -0.25) is 0 Å². The van der Waals surface area contributed by atoms with E-state index in [1.54, 1.807) is 6.07 Å². The van der Waals surface area contributed by atoms with Crippen LogP contribution in [0.5, 0.6) is 0 Å². The fourth-order valence-corrected chi connectivity index (χ4v) is 0.947. The molecule has 0 radical (unpaired) electrons. The number of nitrogens with zero attached hydrogens (tertiary/aromatic N) is 2. The molecule has 0 fully saturated rings. The van der Waals surface area contributed by atoms with Crippen molar-refractivity contribution < 1.29 is 4.39 Å².